The largest absolute Gasteiger partial charge is 0.478 e. The third kappa shape index (κ3) is 4.12. The predicted octanol–water partition coefficient (Wildman–Crippen LogP) is 5.50. The molecular formula is C20H19F4NO2. The van der Waals surface area contributed by atoms with Crippen LogP contribution in [0.3, 0.4) is 0 Å². The fourth-order valence-corrected chi connectivity index (χ4v) is 3.26. The van der Waals surface area contributed by atoms with Gasteiger partial charge in [0.25, 0.3) is 0 Å². The fourth-order valence-electron chi connectivity index (χ4n) is 3.26. The van der Waals surface area contributed by atoms with Gasteiger partial charge in [0.1, 0.15) is 5.82 Å². The number of rotatable bonds is 5. The molecule has 1 aromatic heterocycles. The van der Waals surface area contributed by atoms with E-state index in [1.54, 1.807) is 6.92 Å². The Balaban J connectivity index is 2.13. The molecule has 1 aromatic carbocycles. The lowest BCUT2D eigenvalue weighted by atomic mass is 9.98. The highest BCUT2D eigenvalue weighted by atomic mass is 19.4. The van der Waals surface area contributed by atoms with Crippen molar-refractivity contribution in [3.8, 4) is 11.3 Å². The highest BCUT2D eigenvalue weighted by Gasteiger charge is 2.39. The monoisotopic (exact) mass is 381 g/mol. The minimum atomic E-state index is -4.85. The summed E-state index contributed by atoms with van der Waals surface area (Å²) in [6, 6.07) is 4.74. The van der Waals surface area contributed by atoms with Crippen LogP contribution < -0.4 is 0 Å². The van der Waals surface area contributed by atoms with Crippen molar-refractivity contribution in [1.82, 2.24) is 4.98 Å². The van der Waals surface area contributed by atoms with Gasteiger partial charge in [-0.15, -0.1) is 0 Å². The summed E-state index contributed by atoms with van der Waals surface area (Å²) in [4.78, 5) is 15.7. The zero-order valence-corrected chi connectivity index (χ0v) is 14.9. The Bertz CT molecular complexity index is 892. The van der Waals surface area contributed by atoms with Gasteiger partial charge in [-0.2, -0.15) is 13.2 Å². The molecule has 1 fully saturated rings. The van der Waals surface area contributed by atoms with Crippen LogP contribution in [0.4, 0.5) is 17.6 Å². The summed E-state index contributed by atoms with van der Waals surface area (Å²) >= 11 is 0. The second-order valence-corrected chi connectivity index (χ2v) is 7.16. The number of halogens is 4. The zero-order chi connectivity index (χ0) is 19.9. The van der Waals surface area contributed by atoms with Crippen molar-refractivity contribution in [1.29, 1.82) is 0 Å². The molecule has 1 saturated carbocycles. The average Bonchev–Trinajstić information content (AvgIpc) is 3.29. The van der Waals surface area contributed by atoms with Gasteiger partial charge in [-0.1, -0.05) is 19.1 Å². The molecule has 2 atom stereocenters. The first kappa shape index (κ1) is 19.3. The van der Waals surface area contributed by atoms with E-state index >= 15 is 0 Å². The molecule has 7 heteroatoms. The summed E-state index contributed by atoms with van der Waals surface area (Å²) in [5, 5.41) is 9.38. The van der Waals surface area contributed by atoms with E-state index in [2.05, 4.69) is 4.98 Å². The summed E-state index contributed by atoms with van der Waals surface area (Å²) < 4.78 is 54.5. The molecule has 0 aliphatic heterocycles. The Hall–Kier alpha value is -2.44. The van der Waals surface area contributed by atoms with Crippen LogP contribution in [0.5, 0.6) is 0 Å². The van der Waals surface area contributed by atoms with E-state index in [0.717, 1.165) is 12.5 Å². The standard InChI is InChI=1S/C20H19F4NO2/c1-10-3-4-13(8-15(10)21)17-9-14(20(22,23)24)18(19(26)27)16(25-17)6-5-12-7-11(12)2/h3-4,8-9,11-12H,5-7H2,1-2H3,(H,26,27). The summed E-state index contributed by atoms with van der Waals surface area (Å²) in [6.07, 6.45) is -3.15. The number of carboxylic acid groups (broad SMARTS) is 1. The van der Waals surface area contributed by atoms with Crippen LogP contribution >= 0.6 is 0 Å². The molecule has 27 heavy (non-hydrogen) atoms. The zero-order valence-electron chi connectivity index (χ0n) is 14.9. The van der Waals surface area contributed by atoms with Crippen LogP contribution in [-0.2, 0) is 12.6 Å². The van der Waals surface area contributed by atoms with E-state index in [0.29, 0.717) is 29.9 Å². The van der Waals surface area contributed by atoms with Crippen molar-refractivity contribution in [3.63, 3.8) is 0 Å². The molecule has 0 amide bonds. The number of nitrogens with zero attached hydrogens (tertiary/aromatic N) is 1. The lowest BCUT2D eigenvalue weighted by molar-refractivity contribution is -0.138. The van der Waals surface area contributed by atoms with E-state index in [-0.39, 0.29) is 23.4 Å². The lowest BCUT2D eigenvalue weighted by Gasteiger charge is -2.16. The Morgan fingerprint density at radius 2 is 1.96 bits per heavy atom. The molecule has 2 unspecified atom stereocenters. The molecule has 1 N–H and O–H groups in total. The van der Waals surface area contributed by atoms with Crippen LogP contribution in [0, 0.1) is 24.6 Å². The molecule has 3 nitrogen and oxygen atoms in total. The summed E-state index contributed by atoms with van der Waals surface area (Å²) in [5.74, 6) is -1.34. The van der Waals surface area contributed by atoms with Gasteiger partial charge in [0.15, 0.2) is 0 Å². The third-order valence-electron chi connectivity index (χ3n) is 5.11. The second-order valence-electron chi connectivity index (χ2n) is 7.16. The first-order valence-electron chi connectivity index (χ1n) is 8.69. The van der Waals surface area contributed by atoms with Crippen LogP contribution in [0.1, 0.15) is 46.9 Å². The van der Waals surface area contributed by atoms with Crippen molar-refractivity contribution >= 4 is 5.97 Å². The highest BCUT2D eigenvalue weighted by molar-refractivity contribution is 5.91. The number of alkyl halides is 3. The summed E-state index contributed by atoms with van der Waals surface area (Å²) in [6.45, 7) is 3.59. The number of aryl methyl sites for hydroxylation is 2. The average molecular weight is 381 g/mol. The van der Waals surface area contributed by atoms with Crippen LogP contribution in [0.15, 0.2) is 24.3 Å². The number of benzene rings is 1. The van der Waals surface area contributed by atoms with E-state index in [9.17, 15) is 27.5 Å². The number of aromatic carboxylic acids is 1. The molecule has 0 bridgehead atoms. The minimum absolute atomic E-state index is 0.0786. The topological polar surface area (TPSA) is 50.2 Å². The van der Waals surface area contributed by atoms with Crippen molar-refractivity contribution in [3.05, 3.63) is 52.5 Å². The normalized spacial score (nSPS) is 19.2. The van der Waals surface area contributed by atoms with E-state index < -0.39 is 29.1 Å². The number of carboxylic acids is 1. The molecule has 2 aromatic rings. The number of aromatic nitrogens is 1. The van der Waals surface area contributed by atoms with Gasteiger partial charge in [0.05, 0.1) is 22.5 Å². The van der Waals surface area contributed by atoms with Gasteiger partial charge in [-0.05, 0) is 55.7 Å². The van der Waals surface area contributed by atoms with E-state index in [1.807, 2.05) is 6.92 Å². The Morgan fingerprint density at radius 1 is 1.30 bits per heavy atom. The van der Waals surface area contributed by atoms with Gasteiger partial charge in [0, 0.05) is 5.56 Å². The fraction of sp³-hybridized carbons (Fsp3) is 0.400. The van der Waals surface area contributed by atoms with Gasteiger partial charge in [0.2, 0.25) is 0 Å². The number of hydrogen-bond acceptors (Lipinski definition) is 2. The molecule has 144 valence electrons. The van der Waals surface area contributed by atoms with Crippen LogP contribution in [0.2, 0.25) is 0 Å². The molecule has 1 heterocycles. The molecule has 1 aliphatic carbocycles. The maximum absolute atomic E-state index is 13.9. The van der Waals surface area contributed by atoms with Crippen molar-refractivity contribution in [2.45, 2.75) is 39.3 Å². The highest BCUT2D eigenvalue weighted by Crippen LogP contribution is 2.42. The Kier molecular flexibility index (Phi) is 4.97. The first-order chi connectivity index (χ1) is 12.6. The Labute approximate surface area is 154 Å². The first-order valence-corrected chi connectivity index (χ1v) is 8.69. The lowest BCUT2D eigenvalue weighted by Crippen LogP contribution is -2.17. The number of pyridine rings is 1. The number of hydrogen-bond donors (Lipinski definition) is 1. The smallest absolute Gasteiger partial charge is 0.417 e. The molecule has 3 rings (SSSR count). The predicted molar refractivity (Wildman–Crippen MR) is 91.9 cm³/mol. The molecule has 1 aliphatic rings. The summed E-state index contributed by atoms with van der Waals surface area (Å²) in [7, 11) is 0. The van der Waals surface area contributed by atoms with Gasteiger partial charge in [-0.3, -0.25) is 4.98 Å². The van der Waals surface area contributed by atoms with Gasteiger partial charge < -0.3 is 5.11 Å². The molecule has 0 saturated heterocycles. The maximum Gasteiger partial charge on any atom is 0.417 e. The van der Waals surface area contributed by atoms with Crippen molar-refractivity contribution in [2.75, 3.05) is 0 Å². The molecule has 0 radical (unpaired) electrons. The van der Waals surface area contributed by atoms with Crippen molar-refractivity contribution in [2.24, 2.45) is 11.8 Å². The second kappa shape index (κ2) is 6.94. The summed E-state index contributed by atoms with van der Waals surface area (Å²) in [5.41, 5.74) is -1.70. The third-order valence-corrected chi connectivity index (χ3v) is 5.11. The van der Waals surface area contributed by atoms with E-state index in [4.69, 9.17) is 0 Å². The quantitative estimate of drug-likeness (QED) is 0.696. The van der Waals surface area contributed by atoms with Gasteiger partial charge >= 0.3 is 12.1 Å². The van der Waals surface area contributed by atoms with Crippen LogP contribution in [0.25, 0.3) is 11.3 Å². The maximum atomic E-state index is 13.9. The van der Waals surface area contributed by atoms with Gasteiger partial charge in [-0.25, -0.2) is 9.18 Å². The molecule has 0 spiro atoms. The van der Waals surface area contributed by atoms with Crippen molar-refractivity contribution < 1.29 is 27.5 Å². The minimum Gasteiger partial charge on any atom is -0.478 e. The SMILES string of the molecule is Cc1ccc(-c2cc(C(F)(F)F)c(C(=O)O)c(CCC3CC3C)n2)cc1F. The Morgan fingerprint density at radius 3 is 2.48 bits per heavy atom. The van der Waals surface area contributed by atoms with Crippen LogP contribution in [-0.4, -0.2) is 16.1 Å². The van der Waals surface area contributed by atoms with E-state index in [1.165, 1.54) is 12.1 Å². The molecular weight excluding hydrogens is 362 g/mol. The number of carbonyl (C=O) groups is 1.